The molecular weight excluding hydrogens is 436 g/mol. The van der Waals surface area contributed by atoms with E-state index in [-0.39, 0.29) is 12.3 Å². The Balaban J connectivity index is 1.94. The Morgan fingerprint density at radius 2 is 1.44 bits per heavy atom. The lowest BCUT2D eigenvalue weighted by Gasteiger charge is -2.21. The van der Waals surface area contributed by atoms with Gasteiger partial charge in [0.2, 0.25) is 0 Å². The van der Waals surface area contributed by atoms with Gasteiger partial charge in [0, 0.05) is 6.42 Å². The molecular formula is C27H34O7. The van der Waals surface area contributed by atoms with E-state index in [9.17, 15) is 19.5 Å². The Morgan fingerprint density at radius 1 is 0.765 bits per heavy atom. The molecule has 184 valence electrons. The standard InChI is InChI=1S/C27H34O7/c28-25(29)11-7-2-1-4-10-22(17-23(27(32)33)18-26(30)31)16-20-12-14-24(15-13-20)34-19-21-8-5-3-6-9-21/h3,5-6,8-9,12-15,22-23H,1-2,4,7,10-11,16-19H2,(H,28,29)(H,30,31)(H,32,33). The van der Waals surface area contributed by atoms with E-state index in [1.807, 2.05) is 54.6 Å². The molecule has 0 amide bonds. The van der Waals surface area contributed by atoms with Crippen molar-refractivity contribution in [2.24, 2.45) is 11.8 Å². The molecule has 0 aliphatic carbocycles. The van der Waals surface area contributed by atoms with Crippen LogP contribution >= 0.6 is 0 Å². The van der Waals surface area contributed by atoms with Crippen molar-refractivity contribution in [3.05, 3.63) is 65.7 Å². The molecule has 0 heterocycles. The van der Waals surface area contributed by atoms with Crippen molar-refractivity contribution in [1.29, 1.82) is 0 Å². The second-order valence-electron chi connectivity index (χ2n) is 8.70. The maximum Gasteiger partial charge on any atom is 0.307 e. The minimum absolute atomic E-state index is 0.0241. The minimum Gasteiger partial charge on any atom is -0.489 e. The molecule has 2 atom stereocenters. The maximum absolute atomic E-state index is 11.6. The number of rotatable bonds is 17. The van der Waals surface area contributed by atoms with E-state index in [4.69, 9.17) is 14.9 Å². The average Bonchev–Trinajstić information content (AvgIpc) is 2.80. The normalized spacial score (nSPS) is 12.6. The van der Waals surface area contributed by atoms with E-state index in [2.05, 4.69) is 0 Å². The summed E-state index contributed by atoms with van der Waals surface area (Å²) in [6.07, 6.45) is 4.63. The minimum atomic E-state index is -1.11. The summed E-state index contributed by atoms with van der Waals surface area (Å²) >= 11 is 0. The monoisotopic (exact) mass is 470 g/mol. The first-order valence-corrected chi connectivity index (χ1v) is 11.8. The molecule has 3 N–H and O–H groups in total. The molecule has 0 aromatic heterocycles. The summed E-state index contributed by atoms with van der Waals surface area (Å²) in [5.41, 5.74) is 2.12. The zero-order valence-corrected chi connectivity index (χ0v) is 19.4. The van der Waals surface area contributed by atoms with Crippen molar-refractivity contribution in [3.8, 4) is 5.75 Å². The van der Waals surface area contributed by atoms with Gasteiger partial charge in [0.25, 0.3) is 0 Å². The van der Waals surface area contributed by atoms with Crippen LogP contribution < -0.4 is 4.74 Å². The van der Waals surface area contributed by atoms with Crippen LogP contribution in [0.4, 0.5) is 0 Å². The fourth-order valence-electron chi connectivity index (χ4n) is 4.05. The number of carboxylic acid groups (broad SMARTS) is 3. The molecule has 0 aliphatic heterocycles. The lowest BCUT2D eigenvalue weighted by molar-refractivity contribution is -0.148. The van der Waals surface area contributed by atoms with Gasteiger partial charge < -0.3 is 20.1 Å². The lowest BCUT2D eigenvalue weighted by Crippen LogP contribution is -2.22. The van der Waals surface area contributed by atoms with Gasteiger partial charge in [-0.15, -0.1) is 0 Å². The second-order valence-corrected chi connectivity index (χ2v) is 8.70. The van der Waals surface area contributed by atoms with E-state index in [0.717, 1.165) is 42.6 Å². The molecule has 0 fully saturated rings. The van der Waals surface area contributed by atoms with Crippen molar-refractivity contribution in [3.63, 3.8) is 0 Å². The van der Waals surface area contributed by atoms with Gasteiger partial charge >= 0.3 is 17.9 Å². The van der Waals surface area contributed by atoms with Gasteiger partial charge in [-0.05, 0) is 48.4 Å². The first-order chi connectivity index (χ1) is 16.3. The number of ether oxygens (including phenoxy) is 1. The maximum atomic E-state index is 11.6. The summed E-state index contributed by atoms with van der Waals surface area (Å²) in [4.78, 5) is 33.4. The predicted octanol–water partition coefficient (Wildman–Crippen LogP) is 5.42. The summed E-state index contributed by atoms with van der Waals surface area (Å²) < 4.78 is 5.83. The SMILES string of the molecule is O=C(O)CCCCCCC(Cc1ccc(OCc2ccccc2)cc1)CC(CC(=O)O)C(=O)O. The Labute approximate surface area is 200 Å². The molecule has 0 aliphatic rings. The molecule has 2 aromatic carbocycles. The van der Waals surface area contributed by atoms with E-state index in [0.29, 0.717) is 25.9 Å². The van der Waals surface area contributed by atoms with Crippen LogP contribution in [-0.4, -0.2) is 33.2 Å². The highest BCUT2D eigenvalue weighted by Crippen LogP contribution is 2.27. The van der Waals surface area contributed by atoms with Gasteiger partial charge in [-0.2, -0.15) is 0 Å². The number of carboxylic acids is 3. The third-order valence-electron chi connectivity index (χ3n) is 5.84. The molecule has 0 bridgehead atoms. The number of hydrogen-bond donors (Lipinski definition) is 3. The van der Waals surface area contributed by atoms with Crippen LogP contribution in [0.15, 0.2) is 54.6 Å². The van der Waals surface area contributed by atoms with E-state index >= 15 is 0 Å². The largest absolute Gasteiger partial charge is 0.489 e. The number of unbranched alkanes of at least 4 members (excludes halogenated alkanes) is 3. The Hall–Kier alpha value is -3.35. The quantitative estimate of drug-likeness (QED) is 0.264. The molecule has 0 spiro atoms. The zero-order chi connectivity index (χ0) is 24.8. The lowest BCUT2D eigenvalue weighted by atomic mass is 9.84. The highest BCUT2D eigenvalue weighted by Gasteiger charge is 2.25. The Kier molecular flexibility index (Phi) is 11.7. The highest BCUT2D eigenvalue weighted by atomic mass is 16.5. The van der Waals surface area contributed by atoms with Crippen molar-refractivity contribution >= 4 is 17.9 Å². The van der Waals surface area contributed by atoms with E-state index in [1.165, 1.54) is 0 Å². The topological polar surface area (TPSA) is 121 Å². The molecule has 0 saturated heterocycles. The molecule has 34 heavy (non-hydrogen) atoms. The fraction of sp³-hybridized carbons (Fsp3) is 0.444. The third-order valence-corrected chi connectivity index (χ3v) is 5.84. The van der Waals surface area contributed by atoms with Crippen LogP contribution in [0.1, 0.15) is 62.5 Å². The first-order valence-electron chi connectivity index (χ1n) is 11.8. The summed E-state index contributed by atoms with van der Waals surface area (Å²) in [5, 5.41) is 27.3. The second kappa shape index (κ2) is 14.7. The highest BCUT2D eigenvalue weighted by molar-refractivity contribution is 5.77. The Bertz CT molecular complexity index is 893. The van der Waals surface area contributed by atoms with Crippen molar-refractivity contribution in [2.75, 3.05) is 0 Å². The van der Waals surface area contributed by atoms with E-state index < -0.39 is 30.2 Å². The first kappa shape index (κ1) is 26.9. The van der Waals surface area contributed by atoms with Crippen LogP contribution in [0.2, 0.25) is 0 Å². The number of benzene rings is 2. The summed E-state index contributed by atoms with van der Waals surface area (Å²) in [7, 11) is 0. The van der Waals surface area contributed by atoms with Gasteiger partial charge in [-0.3, -0.25) is 14.4 Å². The van der Waals surface area contributed by atoms with Crippen molar-refractivity contribution < 1.29 is 34.4 Å². The van der Waals surface area contributed by atoms with Gasteiger partial charge in [0.15, 0.2) is 0 Å². The van der Waals surface area contributed by atoms with Gasteiger partial charge in [0.1, 0.15) is 12.4 Å². The fourth-order valence-corrected chi connectivity index (χ4v) is 4.05. The Morgan fingerprint density at radius 3 is 2.06 bits per heavy atom. The summed E-state index contributed by atoms with van der Waals surface area (Å²) in [6, 6.07) is 17.6. The third kappa shape index (κ3) is 11.0. The van der Waals surface area contributed by atoms with Crippen molar-refractivity contribution in [1.82, 2.24) is 0 Å². The average molecular weight is 471 g/mol. The van der Waals surface area contributed by atoms with Crippen LogP contribution in [0.5, 0.6) is 5.75 Å². The van der Waals surface area contributed by atoms with Gasteiger partial charge in [-0.1, -0.05) is 68.1 Å². The van der Waals surface area contributed by atoms with Crippen LogP contribution in [0.25, 0.3) is 0 Å². The van der Waals surface area contributed by atoms with E-state index in [1.54, 1.807) is 0 Å². The molecule has 0 radical (unpaired) electrons. The number of hydrogen-bond acceptors (Lipinski definition) is 4. The molecule has 2 aromatic rings. The van der Waals surface area contributed by atoms with Crippen LogP contribution in [-0.2, 0) is 27.4 Å². The number of carbonyl (C=O) groups is 3. The summed E-state index contributed by atoms with van der Waals surface area (Å²) in [6.45, 7) is 0.472. The van der Waals surface area contributed by atoms with Crippen LogP contribution in [0.3, 0.4) is 0 Å². The molecule has 2 unspecified atom stereocenters. The molecule has 7 heteroatoms. The zero-order valence-electron chi connectivity index (χ0n) is 19.4. The molecule has 7 nitrogen and oxygen atoms in total. The smallest absolute Gasteiger partial charge is 0.307 e. The summed E-state index contributed by atoms with van der Waals surface area (Å²) in [5.74, 6) is -3.15. The van der Waals surface area contributed by atoms with Crippen molar-refractivity contribution in [2.45, 2.75) is 64.4 Å². The number of aliphatic carboxylic acids is 3. The van der Waals surface area contributed by atoms with Gasteiger partial charge in [-0.25, -0.2) is 0 Å². The molecule has 0 saturated carbocycles. The van der Waals surface area contributed by atoms with Gasteiger partial charge in [0.05, 0.1) is 12.3 Å². The predicted molar refractivity (Wildman–Crippen MR) is 128 cm³/mol. The van der Waals surface area contributed by atoms with Crippen LogP contribution in [0, 0.1) is 11.8 Å². The molecule has 2 rings (SSSR count).